The summed E-state index contributed by atoms with van der Waals surface area (Å²) in [6.07, 6.45) is 0.684. The van der Waals surface area contributed by atoms with Crippen LogP contribution < -0.4 is 5.56 Å². The van der Waals surface area contributed by atoms with Gasteiger partial charge in [-0.25, -0.2) is 14.6 Å². The number of carbonyl (C=O) groups is 3. The molecule has 5 rings (SSSR count). The van der Waals surface area contributed by atoms with Crippen LogP contribution in [0.3, 0.4) is 0 Å². The first-order valence-electron chi connectivity index (χ1n) is 12.1. The molecule has 2 aliphatic rings. The molecule has 0 bridgehead atoms. The van der Waals surface area contributed by atoms with E-state index in [9.17, 15) is 24.3 Å². The second-order valence-corrected chi connectivity index (χ2v) is 9.21. The van der Waals surface area contributed by atoms with Crippen molar-refractivity contribution in [3.8, 4) is 17.1 Å². The third-order valence-electron chi connectivity index (χ3n) is 6.92. The first-order valence-corrected chi connectivity index (χ1v) is 12.1. The number of phenolic OH excluding ortho intramolecular Hbond substituents is 1. The molecule has 0 radical (unpaired) electrons. The summed E-state index contributed by atoms with van der Waals surface area (Å²) < 4.78 is 17.6. The average Bonchev–Trinajstić information content (AvgIpc) is 3.23. The molecule has 2 aliphatic heterocycles. The Morgan fingerprint density at radius 2 is 1.95 bits per heavy atom. The largest absolute Gasteiger partial charge is 0.508 e. The van der Waals surface area contributed by atoms with Gasteiger partial charge >= 0.3 is 11.9 Å². The molecule has 0 amide bonds. The number of cyclic esters (lactones) is 1. The predicted molar refractivity (Wildman–Crippen MR) is 131 cm³/mol. The molecule has 0 saturated heterocycles. The van der Waals surface area contributed by atoms with E-state index in [4.69, 9.17) is 19.2 Å². The number of benzene rings is 1. The van der Waals surface area contributed by atoms with Crippen LogP contribution in [-0.2, 0) is 53.8 Å². The summed E-state index contributed by atoms with van der Waals surface area (Å²) >= 11 is 0. The molecule has 1 aromatic carbocycles. The van der Waals surface area contributed by atoms with Crippen LogP contribution in [0.5, 0.6) is 5.75 Å². The number of aromatic nitrogens is 2. The third-order valence-corrected chi connectivity index (χ3v) is 6.92. The van der Waals surface area contributed by atoms with Crippen LogP contribution in [0.4, 0.5) is 0 Å². The minimum atomic E-state index is -1.84. The first-order chi connectivity index (χ1) is 17.7. The van der Waals surface area contributed by atoms with Gasteiger partial charge in [0.2, 0.25) is 5.60 Å². The van der Waals surface area contributed by atoms with E-state index >= 15 is 0 Å². The molecular weight excluding hydrogens is 480 g/mol. The first kappa shape index (κ1) is 24.6. The molecule has 3 aromatic rings. The Balaban J connectivity index is 1.65. The van der Waals surface area contributed by atoms with Crippen LogP contribution in [0.15, 0.2) is 29.1 Å². The lowest BCUT2D eigenvalue weighted by Crippen LogP contribution is -2.48. The average molecular weight is 507 g/mol. The monoisotopic (exact) mass is 506 g/mol. The number of hydrogen-bond acceptors (Lipinski definition) is 9. The summed E-state index contributed by atoms with van der Waals surface area (Å²) in [5.41, 5.74) is 1.93. The van der Waals surface area contributed by atoms with Gasteiger partial charge in [0.15, 0.2) is 5.78 Å². The lowest BCUT2D eigenvalue weighted by atomic mass is 9.85. The fourth-order valence-electron chi connectivity index (χ4n) is 5.21. The molecule has 37 heavy (non-hydrogen) atoms. The van der Waals surface area contributed by atoms with E-state index in [0.717, 1.165) is 16.5 Å². The maximum Gasteiger partial charge on any atom is 0.355 e. The molecule has 4 heterocycles. The lowest BCUT2D eigenvalue weighted by molar-refractivity contribution is -0.191. The van der Waals surface area contributed by atoms with Crippen LogP contribution >= 0.6 is 0 Å². The molecule has 1 atom stereocenters. The zero-order chi connectivity index (χ0) is 26.5. The topological polar surface area (TPSA) is 134 Å². The Morgan fingerprint density at radius 1 is 1.16 bits per heavy atom. The molecular formula is C27H26N2O8. The van der Waals surface area contributed by atoms with E-state index in [1.54, 1.807) is 35.8 Å². The number of nitrogens with zero attached hydrogens (tertiary/aromatic N) is 2. The van der Waals surface area contributed by atoms with Crippen molar-refractivity contribution in [1.82, 2.24) is 9.55 Å². The zero-order valence-corrected chi connectivity index (χ0v) is 20.8. The fraction of sp³-hybridized carbons (Fsp3) is 0.370. The number of pyridine rings is 2. The molecule has 0 unspecified atom stereocenters. The molecule has 0 aliphatic carbocycles. The second-order valence-electron chi connectivity index (χ2n) is 9.21. The highest BCUT2D eigenvalue weighted by Gasteiger charge is 2.50. The Hall–Kier alpha value is -4.05. The van der Waals surface area contributed by atoms with E-state index in [1.807, 2.05) is 6.92 Å². The number of rotatable bonds is 7. The highest BCUT2D eigenvalue weighted by Crippen LogP contribution is 2.42. The highest BCUT2D eigenvalue weighted by molar-refractivity contribution is 5.90. The van der Waals surface area contributed by atoms with Gasteiger partial charge in [-0.2, -0.15) is 0 Å². The fourth-order valence-corrected chi connectivity index (χ4v) is 5.21. The number of phenols is 1. The van der Waals surface area contributed by atoms with E-state index in [-0.39, 0.29) is 54.4 Å². The molecule has 0 fully saturated rings. The predicted octanol–water partition coefficient (Wildman–Crippen LogP) is 2.50. The molecule has 2 aromatic heterocycles. The molecule has 1 N–H and O–H groups in total. The van der Waals surface area contributed by atoms with Gasteiger partial charge in [0, 0.05) is 16.5 Å². The SMILES string of the molecule is CCc1c2c(nc3ccc(O)cc13)-c1cc3c(c(=O)n1C2)COC(=O)[C@@]3(CC)OC(=O)COCC(C)=O. The summed E-state index contributed by atoms with van der Waals surface area (Å²) in [7, 11) is 0. The molecule has 0 spiro atoms. The Bertz CT molecular complexity index is 1540. The Morgan fingerprint density at radius 3 is 2.65 bits per heavy atom. The standard InChI is InChI=1S/C27H26N2O8/c1-4-16-17-8-15(31)6-7-21(17)28-24-18(16)10-29-22(24)9-20-19(25(29)33)12-36-26(34)27(20,5-2)37-23(32)13-35-11-14(3)30/h6-9,31H,4-5,10-13H2,1-3H3/t27-/m0/s1. The van der Waals surface area contributed by atoms with Crippen LogP contribution in [0.25, 0.3) is 22.3 Å². The second kappa shape index (κ2) is 9.11. The number of esters is 2. The number of carbonyl (C=O) groups excluding carboxylic acids is 3. The smallest absolute Gasteiger partial charge is 0.355 e. The van der Waals surface area contributed by atoms with E-state index in [1.165, 1.54) is 6.92 Å². The maximum atomic E-state index is 13.7. The van der Waals surface area contributed by atoms with E-state index in [2.05, 4.69) is 0 Å². The third kappa shape index (κ3) is 3.88. The van der Waals surface area contributed by atoms with Gasteiger partial charge in [-0.15, -0.1) is 0 Å². The molecule has 10 heteroatoms. The molecule has 0 saturated carbocycles. The van der Waals surface area contributed by atoms with Crippen molar-refractivity contribution in [2.24, 2.45) is 0 Å². The Labute approximate surface area is 211 Å². The van der Waals surface area contributed by atoms with Crippen molar-refractivity contribution in [2.75, 3.05) is 13.2 Å². The molecule has 192 valence electrons. The summed E-state index contributed by atoms with van der Waals surface area (Å²) in [6.45, 7) is 4.22. The van der Waals surface area contributed by atoms with Crippen molar-refractivity contribution in [3.05, 3.63) is 56.9 Å². The lowest BCUT2D eigenvalue weighted by Gasteiger charge is -2.35. The number of ether oxygens (including phenoxy) is 3. The summed E-state index contributed by atoms with van der Waals surface area (Å²) in [6, 6.07) is 6.64. The minimum Gasteiger partial charge on any atom is -0.508 e. The number of hydrogen-bond donors (Lipinski definition) is 1. The van der Waals surface area contributed by atoms with Gasteiger partial charge < -0.3 is 23.9 Å². The zero-order valence-electron chi connectivity index (χ0n) is 20.8. The van der Waals surface area contributed by atoms with Crippen molar-refractivity contribution in [3.63, 3.8) is 0 Å². The normalized spacial score (nSPS) is 17.6. The number of aryl methyl sites for hydroxylation is 1. The van der Waals surface area contributed by atoms with Crippen LogP contribution in [0.1, 0.15) is 49.4 Å². The number of aromatic hydroxyl groups is 1. The van der Waals surface area contributed by atoms with Gasteiger partial charge in [0.05, 0.1) is 29.0 Å². The minimum absolute atomic E-state index is 0.0255. The van der Waals surface area contributed by atoms with Crippen LogP contribution in [0, 0.1) is 0 Å². The quantitative estimate of drug-likeness (QED) is 0.375. The van der Waals surface area contributed by atoms with Crippen molar-refractivity contribution in [1.29, 1.82) is 0 Å². The summed E-state index contributed by atoms with van der Waals surface area (Å²) in [5, 5.41) is 10.8. The van der Waals surface area contributed by atoms with E-state index < -0.39 is 24.1 Å². The van der Waals surface area contributed by atoms with Gasteiger partial charge in [-0.1, -0.05) is 13.8 Å². The summed E-state index contributed by atoms with van der Waals surface area (Å²) in [4.78, 5) is 55.3. The molecule has 10 nitrogen and oxygen atoms in total. The maximum absolute atomic E-state index is 13.7. The number of Topliss-reactive ketones (excluding diaryl/α,β-unsaturated/α-hetero) is 1. The van der Waals surface area contributed by atoms with Crippen LogP contribution in [0.2, 0.25) is 0 Å². The van der Waals surface area contributed by atoms with Gasteiger partial charge in [0.1, 0.15) is 25.6 Å². The number of fused-ring (bicyclic) bond motifs is 5. The highest BCUT2D eigenvalue weighted by atomic mass is 16.6. The van der Waals surface area contributed by atoms with Gasteiger partial charge in [0.25, 0.3) is 5.56 Å². The van der Waals surface area contributed by atoms with Gasteiger partial charge in [-0.3, -0.25) is 9.59 Å². The van der Waals surface area contributed by atoms with Crippen molar-refractivity contribution in [2.45, 2.75) is 52.4 Å². The van der Waals surface area contributed by atoms with Crippen LogP contribution in [-0.4, -0.2) is 45.6 Å². The van der Waals surface area contributed by atoms with E-state index in [0.29, 0.717) is 23.3 Å². The Kier molecular flexibility index (Phi) is 6.07. The summed E-state index contributed by atoms with van der Waals surface area (Å²) in [5.74, 6) is -1.76. The van der Waals surface area contributed by atoms with Gasteiger partial charge in [-0.05, 0) is 49.6 Å². The van der Waals surface area contributed by atoms with Crippen molar-refractivity contribution < 1.29 is 33.7 Å². The van der Waals surface area contributed by atoms with Crippen molar-refractivity contribution >= 4 is 28.6 Å². The number of ketones is 1.